The van der Waals surface area contributed by atoms with E-state index >= 15 is 0 Å². The van der Waals surface area contributed by atoms with Crippen LogP contribution < -0.4 is 5.32 Å². The van der Waals surface area contributed by atoms with Crippen LogP contribution in [0.2, 0.25) is 0 Å². The van der Waals surface area contributed by atoms with Gasteiger partial charge in [0.25, 0.3) is 0 Å². The highest BCUT2D eigenvalue weighted by atomic mass is 15.3. The molecule has 1 unspecified atom stereocenters. The largest absolute Gasteiger partial charge is 0.310 e. The van der Waals surface area contributed by atoms with Gasteiger partial charge in [0.15, 0.2) is 0 Å². The lowest BCUT2D eigenvalue weighted by atomic mass is 10.1. The minimum atomic E-state index is 0.648. The summed E-state index contributed by atoms with van der Waals surface area (Å²) in [6.45, 7) is 7.53. The smallest absolute Gasteiger partial charge is 0.0537 e. The molecular formula is C12H23N3. The van der Waals surface area contributed by atoms with Gasteiger partial charge in [-0.25, -0.2) is 0 Å². The van der Waals surface area contributed by atoms with E-state index in [1.54, 1.807) is 0 Å². The quantitative estimate of drug-likeness (QED) is 0.779. The van der Waals surface area contributed by atoms with Gasteiger partial charge in [-0.1, -0.05) is 20.3 Å². The first kappa shape index (κ1) is 12.2. The molecule has 3 heteroatoms. The first-order valence-corrected chi connectivity index (χ1v) is 5.89. The molecule has 0 radical (unpaired) electrons. The first-order valence-electron chi connectivity index (χ1n) is 5.89. The van der Waals surface area contributed by atoms with Gasteiger partial charge in [-0.3, -0.25) is 4.68 Å². The monoisotopic (exact) mass is 209 g/mol. The van der Waals surface area contributed by atoms with E-state index in [1.165, 1.54) is 30.5 Å². The molecule has 86 valence electrons. The van der Waals surface area contributed by atoms with Gasteiger partial charge in [-0.05, 0) is 19.8 Å². The summed E-state index contributed by atoms with van der Waals surface area (Å²) in [5.74, 6) is 0. The van der Waals surface area contributed by atoms with Gasteiger partial charge >= 0.3 is 0 Å². The van der Waals surface area contributed by atoms with Gasteiger partial charge in [0.05, 0.1) is 6.20 Å². The van der Waals surface area contributed by atoms with Gasteiger partial charge in [0, 0.05) is 30.9 Å². The minimum Gasteiger partial charge on any atom is -0.310 e. The molecule has 0 bridgehead atoms. The van der Waals surface area contributed by atoms with Crippen LogP contribution in [0.5, 0.6) is 0 Å². The van der Waals surface area contributed by atoms with Crippen LogP contribution in [0.1, 0.15) is 44.4 Å². The summed E-state index contributed by atoms with van der Waals surface area (Å²) in [5.41, 5.74) is 2.57. The predicted molar refractivity (Wildman–Crippen MR) is 63.8 cm³/mol. The zero-order valence-electron chi connectivity index (χ0n) is 10.4. The number of nitrogens with one attached hydrogen (secondary N) is 1. The SMILES string of the molecule is CCCC(CC)NCc1cnn(C)c1C. The summed E-state index contributed by atoms with van der Waals surface area (Å²) in [6, 6.07) is 0.648. The molecule has 0 aliphatic rings. The van der Waals surface area contributed by atoms with Crippen molar-refractivity contribution in [1.29, 1.82) is 0 Å². The highest BCUT2D eigenvalue weighted by Crippen LogP contribution is 2.07. The fraction of sp³-hybridized carbons (Fsp3) is 0.750. The van der Waals surface area contributed by atoms with Crippen LogP contribution in [-0.4, -0.2) is 15.8 Å². The number of aryl methyl sites for hydroxylation is 1. The van der Waals surface area contributed by atoms with Gasteiger partial charge in [-0.15, -0.1) is 0 Å². The van der Waals surface area contributed by atoms with Crippen molar-refractivity contribution >= 4 is 0 Å². The van der Waals surface area contributed by atoms with Crippen molar-refractivity contribution in [3.63, 3.8) is 0 Å². The number of rotatable bonds is 6. The summed E-state index contributed by atoms with van der Waals surface area (Å²) >= 11 is 0. The Morgan fingerprint density at radius 2 is 2.20 bits per heavy atom. The zero-order chi connectivity index (χ0) is 11.3. The van der Waals surface area contributed by atoms with E-state index in [4.69, 9.17) is 0 Å². The van der Waals surface area contributed by atoms with Crippen LogP contribution in [-0.2, 0) is 13.6 Å². The minimum absolute atomic E-state index is 0.648. The van der Waals surface area contributed by atoms with Crippen LogP contribution in [0.3, 0.4) is 0 Å². The summed E-state index contributed by atoms with van der Waals surface area (Å²) in [5, 5.41) is 7.83. The van der Waals surface area contributed by atoms with Crippen molar-refractivity contribution in [1.82, 2.24) is 15.1 Å². The molecule has 0 saturated heterocycles. The molecule has 0 spiro atoms. The van der Waals surface area contributed by atoms with Gasteiger partial charge in [-0.2, -0.15) is 5.10 Å². The lowest BCUT2D eigenvalue weighted by molar-refractivity contribution is 0.462. The number of hydrogen-bond donors (Lipinski definition) is 1. The summed E-state index contributed by atoms with van der Waals surface area (Å²) in [4.78, 5) is 0. The molecule has 1 N–H and O–H groups in total. The van der Waals surface area contributed by atoms with E-state index in [-0.39, 0.29) is 0 Å². The average molecular weight is 209 g/mol. The van der Waals surface area contributed by atoms with Gasteiger partial charge in [0.1, 0.15) is 0 Å². The Morgan fingerprint density at radius 3 is 2.67 bits per heavy atom. The first-order chi connectivity index (χ1) is 7.19. The van der Waals surface area contributed by atoms with E-state index in [0.717, 1.165) is 6.54 Å². The predicted octanol–water partition coefficient (Wildman–Crippen LogP) is 2.40. The van der Waals surface area contributed by atoms with Crippen LogP contribution in [0, 0.1) is 6.92 Å². The van der Waals surface area contributed by atoms with Crippen LogP contribution in [0.25, 0.3) is 0 Å². The fourth-order valence-corrected chi connectivity index (χ4v) is 1.77. The molecule has 0 fully saturated rings. The molecule has 1 rings (SSSR count). The van der Waals surface area contributed by atoms with Crippen molar-refractivity contribution in [2.24, 2.45) is 7.05 Å². The average Bonchev–Trinajstić information content (AvgIpc) is 2.55. The van der Waals surface area contributed by atoms with E-state index in [9.17, 15) is 0 Å². The molecule has 15 heavy (non-hydrogen) atoms. The Hall–Kier alpha value is -0.830. The van der Waals surface area contributed by atoms with Crippen molar-refractivity contribution in [2.75, 3.05) is 0 Å². The third kappa shape index (κ3) is 3.34. The lowest BCUT2D eigenvalue weighted by Crippen LogP contribution is -2.27. The molecular weight excluding hydrogens is 186 g/mol. The fourth-order valence-electron chi connectivity index (χ4n) is 1.77. The normalized spacial score (nSPS) is 13.1. The Kier molecular flexibility index (Phi) is 4.82. The standard InChI is InChI=1S/C12H23N3/c1-5-7-12(6-2)13-8-11-9-14-15(4)10(11)3/h9,12-13H,5-8H2,1-4H3. The molecule has 1 aromatic heterocycles. The molecule has 3 nitrogen and oxygen atoms in total. The molecule has 1 heterocycles. The maximum Gasteiger partial charge on any atom is 0.0537 e. The maximum atomic E-state index is 4.24. The van der Waals surface area contributed by atoms with Crippen molar-refractivity contribution in [3.05, 3.63) is 17.5 Å². The molecule has 0 amide bonds. The van der Waals surface area contributed by atoms with E-state index < -0.39 is 0 Å². The third-order valence-electron chi connectivity index (χ3n) is 3.05. The van der Waals surface area contributed by atoms with Crippen LogP contribution >= 0.6 is 0 Å². The second kappa shape index (κ2) is 5.91. The Bertz CT molecular complexity index is 291. The Labute approximate surface area is 92.9 Å². The van der Waals surface area contributed by atoms with Crippen molar-refractivity contribution < 1.29 is 0 Å². The molecule has 0 aromatic carbocycles. The molecule has 1 atom stereocenters. The second-order valence-corrected chi connectivity index (χ2v) is 4.15. The van der Waals surface area contributed by atoms with E-state index in [2.05, 4.69) is 31.2 Å². The topological polar surface area (TPSA) is 29.9 Å². The zero-order valence-corrected chi connectivity index (χ0v) is 10.4. The van der Waals surface area contributed by atoms with Crippen molar-refractivity contribution in [3.8, 4) is 0 Å². The van der Waals surface area contributed by atoms with Crippen molar-refractivity contribution in [2.45, 2.75) is 52.6 Å². The highest BCUT2D eigenvalue weighted by Gasteiger charge is 2.07. The highest BCUT2D eigenvalue weighted by molar-refractivity contribution is 5.15. The van der Waals surface area contributed by atoms with Crippen LogP contribution in [0.4, 0.5) is 0 Å². The summed E-state index contributed by atoms with van der Waals surface area (Å²) in [6.07, 6.45) is 5.67. The lowest BCUT2D eigenvalue weighted by Gasteiger charge is -2.15. The Balaban J connectivity index is 2.45. The molecule has 0 aliphatic heterocycles. The van der Waals surface area contributed by atoms with Gasteiger partial charge < -0.3 is 5.32 Å². The van der Waals surface area contributed by atoms with E-state index in [0.29, 0.717) is 6.04 Å². The Morgan fingerprint density at radius 1 is 1.47 bits per heavy atom. The molecule has 0 saturated carbocycles. The maximum absolute atomic E-state index is 4.24. The molecule has 1 aromatic rings. The number of nitrogens with zero attached hydrogens (tertiary/aromatic N) is 2. The summed E-state index contributed by atoms with van der Waals surface area (Å²) < 4.78 is 1.93. The van der Waals surface area contributed by atoms with Crippen LogP contribution in [0.15, 0.2) is 6.20 Å². The molecule has 0 aliphatic carbocycles. The number of aromatic nitrogens is 2. The number of hydrogen-bond acceptors (Lipinski definition) is 2. The van der Waals surface area contributed by atoms with E-state index in [1.807, 2.05) is 17.9 Å². The third-order valence-corrected chi connectivity index (χ3v) is 3.05. The summed E-state index contributed by atoms with van der Waals surface area (Å²) in [7, 11) is 1.99. The van der Waals surface area contributed by atoms with Gasteiger partial charge in [0.2, 0.25) is 0 Å². The second-order valence-electron chi connectivity index (χ2n) is 4.15.